The van der Waals surface area contributed by atoms with Crippen molar-refractivity contribution in [2.24, 2.45) is 5.92 Å². The average Bonchev–Trinajstić information content (AvgIpc) is 3.31. The predicted octanol–water partition coefficient (Wildman–Crippen LogP) is 2.89. The van der Waals surface area contributed by atoms with E-state index in [1.807, 2.05) is 42.5 Å². The molecule has 5 nitrogen and oxygen atoms in total. The molecule has 0 bridgehead atoms. The molecule has 2 atom stereocenters. The minimum Gasteiger partial charge on any atom is -0.496 e. The van der Waals surface area contributed by atoms with Crippen LogP contribution in [0.4, 0.5) is 0 Å². The van der Waals surface area contributed by atoms with Crippen LogP contribution in [0.5, 0.6) is 17.2 Å². The zero-order valence-electron chi connectivity index (χ0n) is 14.2. The summed E-state index contributed by atoms with van der Waals surface area (Å²) in [6.45, 7) is 0.898. The highest BCUT2D eigenvalue weighted by molar-refractivity contribution is 5.83. The van der Waals surface area contributed by atoms with Crippen molar-refractivity contribution in [2.45, 2.75) is 18.8 Å². The molecule has 1 heterocycles. The number of rotatable bonds is 6. The number of benzene rings is 2. The lowest BCUT2D eigenvalue weighted by Crippen LogP contribution is -2.27. The Morgan fingerprint density at radius 3 is 2.92 bits per heavy atom. The molecule has 2 aromatic rings. The quantitative estimate of drug-likeness (QED) is 0.879. The second-order valence-corrected chi connectivity index (χ2v) is 6.42. The second-order valence-electron chi connectivity index (χ2n) is 6.42. The van der Waals surface area contributed by atoms with Crippen LogP contribution in [-0.4, -0.2) is 26.4 Å². The first-order valence-electron chi connectivity index (χ1n) is 8.55. The maximum absolute atomic E-state index is 12.4. The number of hydrogen-bond donors (Lipinski definition) is 1. The molecular formula is C20H21NO4. The Balaban J connectivity index is 1.29. The van der Waals surface area contributed by atoms with Crippen molar-refractivity contribution in [3.05, 3.63) is 53.6 Å². The molecule has 25 heavy (non-hydrogen) atoms. The molecule has 1 fully saturated rings. The lowest BCUT2D eigenvalue weighted by Gasteiger charge is -2.08. The summed E-state index contributed by atoms with van der Waals surface area (Å²) in [5.74, 6) is 2.86. The number of carbonyl (C=O) groups is 1. The molecule has 1 N–H and O–H groups in total. The van der Waals surface area contributed by atoms with E-state index in [0.717, 1.165) is 41.2 Å². The fourth-order valence-electron chi connectivity index (χ4n) is 3.36. The van der Waals surface area contributed by atoms with Crippen molar-refractivity contribution >= 4 is 5.91 Å². The van der Waals surface area contributed by atoms with Gasteiger partial charge in [0.05, 0.1) is 7.11 Å². The van der Waals surface area contributed by atoms with Gasteiger partial charge >= 0.3 is 0 Å². The molecule has 5 heteroatoms. The van der Waals surface area contributed by atoms with Gasteiger partial charge in [0.15, 0.2) is 11.5 Å². The van der Waals surface area contributed by atoms with Gasteiger partial charge in [-0.25, -0.2) is 0 Å². The summed E-state index contributed by atoms with van der Waals surface area (Å²) in [7, 11) is 1.67. The van der Waals surface area contributed by atoms with E-state index in [1.54, 1.807) is 7.11 Å². The van der Waals surface area contributed by atoms with Crippen LogP contribution in [0.25, 0.3) is 0 Å². The first-order chi connectivity index (χ1) is 12.3. The van der Waals surface area contributed by atoms with E-state index < -0.39 is 0 Å². The predicted molar refractivity (Wildman–Crippen MR) is 93.1 cm³/mol. The lowest BCUT2D eigenvalue weighted by atomic mass is 10.1. The van der Waals surface area contributed by atoms with Crippen LogP contribution in [0.3, 0.4) is 0 Å². The van der Waals surface area contributed by atoms with Gasteiger partial charge in [0.2, 0.25) is 12.7 Å². The third-order valence-corrected chi connectivity index (χ3v) is 4.82. The molecule has 2 aliphatic rings. The maximum atomic E-state index is 12.4. The van der Waals surface area contributed by atoms with Crippen LogP contribution < -0.4 is 19.5 Å². The Morgan fingerprint density at radius 2 is 2.04 bits per heavy atom. The summed E-state index contributed by atoms with van der Waals surface area (Å²) in [6, 6.07) is 13.8. The van der Waals surface area contributed by atoms with E-state index in [1.165, 1.54) is 0 Å². The largest absolute Gasteiger partial charge is 0.496 e. The van der Waals surface area contributed by atoms with Gasteiger partial charge in [-0.3, -0.25) is 4.79 Å². The SMILES string of the molecule is COc1ccccc1[C@H]1C[C@@H]1C(=O)NCCc1ccc2c(c1)OCO2. The molecule has 4 rings (SSSR count). The first kappa shape index (κ1) is 15.8. The Hall–Kier alpha value is -2.69. The van der Waals surface area contributed by atoms with Gasteiger partial charge in [0.25, 0.3) is 0 Å². The molecule has 1 saturated carbocycles. The zero-order chi connectivity index (χ0) is 17.2. The van der Waals surface area contributed by atoms with Crippen LogP contribution in [0.2, 0.25) is 0 Å². The smallest absolute Gasteiger partial charge is 0.231 e. The van der Waals surface area contributed by atoms with Crippen LogP contribution in [0.1, 0.15) is 23.5 Å². The summed E-state index contributed by atoms with van der Waals surface area (Å²) in [5, 5.41) is 3.05. The number of methoxy groups -OCH3 is 1. The third-order valence-electron chi connectivity index (χ3n) is 4.82. The third kappa shape index (κ3) is 3.27. The molecule has 0 aromatic heterocycles. The molecular weight excluding hydrogens is 318 g/mol. The zero-order valence-corrected chi connectivity index (χ0v) is 14.2. The minimum atomic E-state index is 0.0491. The molecule has 1 aliphatic heterocycles. The van der Waals surface area contributed by atoms with Crippen molar-refractivity contribution in [1.82, 2.24) is 5.32 Å². The van der Waals surface area contributed by atoms with Gasteiger partial charge in [0.1, 0.15) is 5.75 Å². The molecule has 2 aromatic carbocycles. The Morgan fingerprint density at radius 1 is 1.20 bits per heavy atom. The van der Waals surface area contributed by atoms with Crippen LogP contribution >= 0.6 is 0 Å². The first-order valence-corrected chi connectivity index (χ1v) is 8.55. The minimum absolute atomic E-state index is 0.0491. The van der Waals surface area contributed by atoms with Crippen LogP contribution in [0, 0.1) is 5.92 Å². The standard InChI is InChI=1S/C20H21NO4/c1-23-17-5-3-2-4-14(17)15-11-16(15)20(22)21-9-8-13-6-7-18-19(10-13)25-12-24-18/h2-7,10,15-16H,8-9,11-12H2,1H3,(H,21,22)/t15-,16+/m1/s1. The second kappa shape index (κ2) is 6.67. The number of hydrogen-bond acceptors (Lipinski definition) is 4. The van der Waals surface area contributed by atoms with E-state index in [-0.39, 0.29) is 24.5 Å². The monoisotopic (exact) mass is 339 g/mol. The number of amides is 1. The van der Waals surface area contributed by atoms with E-state index in [0.29, 0.717) is 6.54 Å². The summed E-state index contributed by atoms with van der Waals surface area (Å²) >= 11 is 0. The van der Waals surface area contributed by atoms with E-state index in [4.69, 9.17) is 14.2 Å². The van der Waals surface area contributed by atoms with E-state index in [2.05, 4.69) is 5.32 Å². The van der Waals surface area contributed by atoms with Crippen LogP contribution in [0.15, 0.2) is 42.5 Å². The molecule has 0 unspecified atom stereocenters. The van der Waals surface area contributed by atoms with Crippen molar-refractivity contribution in [3.8, 4) is 17.2 Å². The number of ether oxygens (including phenoxy) is 3. The molecule has 1 aliphatic carbocycles. The highest BCUT2D eigenvalue weighted by atomic mass is 16.7. The molecule has 0 saturated heterocycles. The summed E-state index contributed by atoms with van der Waals surface area (Å²) < 4.78 is 16.1. The topological polar surface area (TPSA) is 56.8 Å². The Kier molecular flexibility index (Phi) is 4.22. The maximum Gasteiger partial charge on any atom is 0.231 e. The molecule has 0 radical (unpaired) electrons. The fraction of sp³-hybridized carbons (Fsp3) is 0.350. The highest BCUT2D eigenvalue weighted by Gasteiger charge is 2.45. The lowest BCUT2D eigenvalue weighted by molar-refractivity contribution is -0.122. The van der Waals surface area contributed by atoms with Gasteiger partial charge in [-0.2, -0.15) is 0 Å². The summed E-state index contributed by atoms with van der Waals surface area (Å²) in [5.41, 5.74) is 2.25. The van der Waals surface area contributed by atoms with Gasteiger partial charge in [-0.05, 0) is 48.1 Å². The number of carbonyl (C=O) groups excluding carboxylic acids is 1. The molecule has 0 spiro atoms. The van der Waals surface area contributed by atoms with E-state index in [9.17, 15) is 4.79 Å². The highest BCUT2D eigenvalue weighted by Crippen LogP contribution is 2.50. The van der Waals surface area contributed by atoms with Gasteiger partial charge in [-0.1, -0.05) is 24.3 Å². The summed E-state index contributed by atoms with van der Waals surface area (Å²) in [4.78, 5) is 12.4. The normalized spacial score (nSPS) is 20.2. The van der Waals surface area contributed by atoms with Gasteiger partial charge in [-0.15, -0.1) is 0 Å². The Bertz CT molecular complexity index is 789. The number of nitrogens with one attached hydrogen (secondary N) is 1. The van der Waals surface area contributed by atoms with Crippen molar-refractivity contribution in [3.63, 3.8) is 0 Å². The van der Waals surface area contributed by atoms with Crippen molar-refractivity contribution in [1.29, 1.82) is 0 Å². The Labute approximate surface area is 146 Å². The fourth-order valence-corrected chi connectivity index (χ4v) is 3.36. The van der Waals surface area contributed by atoms with Gasteiger partial charge < -0.3 is 19.5 Å². The summed E-state index contributed by atoms with van der Waals surface area (Å²) in [6.07, 6.45) is 1.66. The number of para-hydroxylation sites is 1. The van der Waals surface area contributed by atoms with Crippen molar-refractivity contribution < 1.29 is 19.0 Å². The van der Waals surface area contributed by atoms with Gasteiger partial charge in [0, 0.05) is 12.5 Å². The molecule has 130 valence electrons. The van der Waals surface area contributed by atoms with Crippen LogP contribution in [-0.2, 0) is 11.2 Å². The van der Waals surface area contributed by atoms with E-state index >= 15 is 0 Å². The average molecular weight is 339 g/mol. The number of fused-ring (bicyclic) bond motifs is 1. The van der Waals surface area contributed by atoms with Crippen molar-refractivity contribution in [2.75, 3.05) is 20.4 Å². The molecule has 1 amide bonds.